The van der Waals surface area contributed by atoms with Crippen LogP contribution < -0.4 is 16.7 Å². The number of nitrogens with one attached hydrogen (secondary N) is 2. The molecule has 4 N–H and O–H groups in total. The number of benzene rings is 1. The normalized spacial score (nSPS) is 16.8. The number of carbonyl (C=O) groups excluding carboxylic acids is 1. The van der Waals surface area contributed by atoms with Crippen LogP contribution in [0.25, 0.3) is 5.69 Å². The summed E-state index contributed by atoms with van der Waals surface area (Å²) in [7, 11) is 0. The molecule has 110 valence electrons. The van der Waals surface area contributed by atoms with E-state index >= 15 is 0 Å². The summed E-state index contributed by atoms with van der Waals surface area (Å²) in [6.07, 6.45) is 6.70. The van der Waals surface area contributed by atoms with Crippen LogP contribution in [-0.4, -0.2) is 21.0 Å². The smallest absolute Gasteiger partial charge is 0.324 e. The molecule has 0 radical (unpaired) electrons. The fraction of sp³-hybridized carbons (Fsp3) is 0.333. The Morgan fingerprint density at radius 3 is 2.48 bits per heavy atom. The topological polar surface area (TPSA) is 92.9 Å². The number of nitrogens with two attached hydrogens (primary N) is 1. The number of carbonyl (C=O) groups is 1. The standard InChI is InChI=1S/C15H18N4O2/c16-15(7-1-2-8-15)13(20)18-11-3-5-12(6-4-11)19-10-9-17-14(19)21/h3-6,9-10H,1-2,7-8,16H2,(H,17,21)(H,18,20). The van der Waals surface area contributed by atoms with Crippen molar-refractivity contribution in [1.29, 1.82) is 0 Å². The van der Waals surface area contributed by atoms with E-state index in [1.807, 2.05) is 0 Å². The van der Waals surface area contributed by atoms with E-state index in [0.29, 0.717) is 5.69 Å². The fourth-order valence-corrected chi connectivity index (χ4v) is 2.72. The third kappa shape index (κ3) is 2.62. The van der Waals surface area contributed by atoms with Crippen molar-refractivity contribution in [3.05, 3.63) is 47.1 Å². The van der Waals surface area contributed by atoms with Crippen LogP contribution in [0.4, 0.5) is 5.69 Å². The van der Waals surface area contributed by atoms with Crippen molar-refractivity contribution in [2.75, 3.05) is 5.32 Å². The van der Waals surface area contributed by atoms with Crippen LogP contribution >= 0.6 is 0 Å². The summed E-state index contributed by atoms with van der Waals surface area (Å²) < 4.78 is 1.49. The molecule has 3 rings (SSSR count). The quantitative estimate of drug-likeness (QED) is 0.795. The largest absolute Gasteiger partial charge is 0.330 e. The number of nitrogens with zero attached hydrogens (tertiary/aromatic N) is 1. The van der Waals surface area contributed by atoms with Gasteiger partial charge in [0.15, 0.2) is 0 Å². The fourth-order valence-electron chi connectivity index (χ4n) is 2.72. The number of hydrogen-bond donors (Lipinski definition) is 3. The highest BCUT2D eigenvalue weighted by atomic mass is 16.2. The lowest BCUT2D eigenvalue weighted by molar-refractivity contribution is -0.121. The summed E-state index contributed by atoms with van der Waals surface area (Å²) in [5.74, 6) is -0.133. The molecule has 1 aromatic heterocycles. The Kier molecular flexibility index (Phi) is 3.39. The first-order valence-corrected chi connectivity index (χ1v) is 7.05. The van der Waals surface area contributed by atoms with Crippen LogP contribution in [-0.2, 0) is 4.79 Å². The van der Waals surface area contributed by atoms with Crippen LogP contribution in [0.1, 0.15) is 25.7 Å². The van der Waals surface area contributed by atoms with Gasteiger partial charge in [-0.1, -0.05) is 12.8 Å². The molecule has 1 aliphatic carbocycles. The Bertz CT molecular complexity index is 693. The number of aromatic nitrogens is 2. The van der Waals surface area contributed by atoms with Crippen molar-refractivity contribution in [1.82, 2.24) is 9.55 Å². The first-order chi connectivity index (χ1) is 10.1. The molecule has 1 heterocycles. The second kappa shape index (κ2) is 5.21. The number of H-pyrrole nitrogens is 1. The lowest BCUT2D eigenvalue weighted by Gasteiger charge is -2.22. The van der Waals surface area contributed by atoms with Gasteiger partial charge in [-0.2, -0.15) is 0 Å². The van der Waals surface area contributed by atoms with E-state index < -0.39 is 5.54 Å². The van der Waals surface area contributed by atoms with E-state index in [4.69, 9.17) is 5.73 Å². The molecule has 1 fully saturated rings. The van der Waals surface area contributed by atoms with Gasteiger partial charge in [0.25, 0.3) is 0 Å². The number of imidazole rings is 1. The van der Waals surface area contributed by atoms with Gasteiger partial charge in [-0.3, -0.25) is 9.36 Å². The molecule has 0 unspecified atom stereocenters. The zero-order valence-electron chi connectivity index (χ0n) is 11.6. The lowest BCUT2D eigenvalue weighted by atomic mass is 9.98. The van der Waals surface area contributed by atoms with E-state index in [1.54, 1.807) is 36.7 Å². The van der Waals surface area contributed by atoms with E-state index in [0.717, 1.165) is 31.4 Å². The Labute approximate surface area is 122 Å². The number of aromatic amines is 1. The van der Waals surface area contributed by atoms with Crippen LogP contribution in [0.3, 0.4) is 0 Å². The molecule has 0 bridgehead atoms. The summed E-state index contributed by atoms with van der Waals surface area (Å²) in [6.45, 7) is 0. The molecule has 1 saturated carbocycles. The Morgan fingerprint density at radius 1 is 1.24 bits per heavy atom. The Morgan fingerprint density at radius 2 is 1.90 bits per heavy atom. The van der Waals surface area contributed by atoms with Crippen LogP contribution in [0.15, 0.2) is 41.5 Å². The molecule has 0 saturated heterocycles. The Hall–Kier alpha value is -2.34. The monoisotopic (exact) mass is 286 g/mol. The average Bonchev–Trinajstić information content (AvgIpc) is 3.09. The molecule has 0 aliphatic heterocycles. The molecule has 1 aliphatic rings. The van der Waals surface area contributed by atoms with E-state index in [2.05, 4.69) is 10.3 Å². The molecule has 0 spiro atoms. The molecule has 2 aromatic rings. The van der Waals surface area contributed by atoms with Crippen molar-refractivity contribution in [2.45, 2.75) is 31.2 Å². The second-order valence-corrected chi connectivity index (χ2v) is 5.50. The summed E-state index contributed by atoms with van der Waals surface area (Å²) >= 11 is 0. The maximum Gasteiger partial charge on any atom is 0.330 e. The zero-order chi connectivity index (χ0) is 14.9. The van der Waals surface area contributed by atoms with Crippen LogP contribution in [0, 0.1) is 0 Å². The van der Waals surface area contributed by atoms with Gasteiger partial charge in [0.1, 0.15) is 0 Å². The molecule has 1 aromatic carbocycles. The number of anilines is 1. The lowest BCUT2D eigenvalue weighted by Crippen LogP contribution is -2.48. The summed E-state index contributed by atoms with van der Waals surface area (Å²) in [4.78, 5) is 26.3. The molecule has 6 heteroatoms. The van der Waals surface area contributed by atoms with E-state index in [1.165, 1.54) is 4.57 Å². The third-order valence-electron chi connectivity index (χ3n) is 4.00. The highest BCUT2D eigenvalue weighted by Crippen LogP contribution is 2.28. The highest BCUT2D eigenvalue weighted by molar-refractivity contribution is 5.98. The summed E-state index contributed by atoms with van der Waals surface area (Å²) in [6, 6.07) is 7.10. The average molecular weight is 286 g/mol. The molecule has 1 amide bonds. The SMILES string of the molecule is NC1(C(=O)Nc2ccc(-n3cc[nH]c3=O)cc2)CCCC1. The number of hydrogen-bond acceptors (Lipinski definition) is 3. The van der Waals surface area contributed by atoms with E-state index in [-0.39, 0.29) is 11.6 Å². The zero-order valence-corrected chi connectivity index (χ0v) is 11.6. The molecule has 21 heavy (non-hydrogen) atoms. The molecule has 0 atom stereocenters. The summed E-state index contributed by atoms with van der Waals surface area (Å²) in [5.41, 5.74) is 6.60. The van der Waals surface area contributed by atoms with E-state index in [9.17, 15) is 9.59 Å². The maximum atomic E-state index is 12.2. The maximum absolute atomic E-state index is 12.2. The predicted molar refractivity (Wildman–Crippen MR) is 80.4 cm³/mol. The minimum absolute atomic E-state index is 0.133. The first kappa shape index (κ1) is 13.6. The van der Waals surface area contributed by atoms with Gasteiger partial charge < -0.3 is 16.0 Å². The van der Waals surface area contributed by atoms with Crippen LogP contribution in [0.2, 0.25) is 0 Å². The van der Waals surface area contributed by atoms with Gasteiger partial charge in [-0.05, 0) is 37.1 Å². The van der Waals surface area contributed by atoms with Crippen molar-refractivity contribution in [2.24, 2.45) is 5.73 Å². The number of amides is 1. The van der Waals surface area contributed by atoms with Crippen molar-refractivity contribution >= 4 is 11.6 Å². The van der Waals surface area contributed by atoms with Gasteiger partial charge in [0, 0.05) is 18.1 Å². The van der Waals surface area contributed by atoms with Crippen molar-refractivity contribution in [3.63, 3.8) is 0 Å². The predicted octanol–water partition coefficient (Wildman–Crippen LogP) is 1.38. The van der Waals surface area contributed by atoms with Gasteiger partial charge in [-0.25, -0.2) is 4.79 Å². The Balaban J connectivity index is 1.74. The molecular formula is C15H18N4O2. The van der Waals surface area contributed by atoms with Crippen molar-refractivity contribution < 1.29 is 4.79 Å². The number of rotatable bonds is 3. The minimum atomic E-state index is -0.740. The van der Waals surface area contributed by atoms with Crippen molar-refractivity contribution in [3.8, 4) is 5.69 Å². The van der Waals surface area contributed by atoms with Crippen LogP contribution in [0.5, 0.6) is 0 Å². The first-order valence-electron chi connectivity index (χ1n) is 7.05. The van der Waals surface area contributed by atoms with Gasteiger partial charge >= 0.3 is 5.69 Å². The van der Waals surface area contributed by atoms with Gasteiger partial charge in [0.05, 0.1) is 11.2 Å². The minimum Gasteiger partial charge on any atom is -0.324 e. The highest BCUT2D eigenvalue weighted by Gasteiger charge is 2.36. The third-order valence-corrected chi connectivity index (χ3v) is 4.00. The second-order valence-electron chi connectivity index (χ2n) is 5.50. The summed E-state index contributed by atoms with van der Waals surface area (Å²) in [5, 5.41) is 2.85. The molecule has 6 nitrogen and oxygen atoms in total. The van der Waals surface area contributed by atoms with Gasteiger partial charge in [0.2, 0.25) is 5.91 Å². The molecular weight excluding hydrogens is 268 g/mol. The van der Waals surface area contributed by atoms with Gasteiger partial charge in [-0.15, -0.1) is 0 Å².